The minimum Gasteiger partial charge on any atom is -0.399 e. The number of hydrogen-bond acceptors (Lipinski definition) is 4. The van der Waals surface area contributed by atoms with Gasteiger partial charge in [-0.3, -0.25) is 9.69 Å². The molecule has 2 aliphatic heterocycles. The smallest absolute Gasteiger partial charge is 0.242 e. The molecule has 0 radical (unpaired) electrons. The number of nitrogens with one attached hydrogen (secondary N) is 1. The third-order valence-corrected chi connectivity index (χ3v) is 4.31. The first-order valence-corrected chi connectivity index (χ1v) is 6.90. The number of thioether (sulfide) groups is 1. The molecule has 1 aromatic rings. The van der Waals surface area contributed by atoms with Crippen LogP contribution in [-0.4, -0.2) is 35.0 Å². The van der Waals surface area contributed by atoms with Crippen LogP contribution in [0.25, 0.3) is 0 Å². The number of nitrogen functional groups attached to an aromatic ring is 1. The van der Waals surface area contributed by atoms with Gasteiger partial charge >= 0.3 is 0 Å². The molecule has 17 heavy (non-hydrogen) atoms. The van der Waals surface area contributed by atoms with Crippen LogP contribution in [0, 0.1) is 0 Å². The third kappa shape index (κ3) is 2.00. The quantitative estimate of drug-likeness (QED) is 0.733. The number of fused-ring (bicyclic) bond motifs is 1. The molecule has 0 aliphatic carbocycles. The van der Waals surface area contributed by atoms with Gasteiger partial charge in [-0.1, -0.05) is 6.07 Å². The molecule has 4 nitrogen and oxygen atoms in total. The minimum absolute atomic E-state index is 0.0128. The number of hydrogen-bond donors (Lipinski definition) is 2. The zero-order chi connectivity index (χ0) is 11.8. The standard InChI is InChI=1S/C12H15N3OS/c13-9-2-1-8-5-11(15-3-4-17-7-15)12(16)14-10(8)6-9/h1-2,6,11H,3-5,7,13H2,(H,14,16). The van der Waals surface area contributed by atoms with Crippen molar-refractivity contribution in [3.63, 3.8) is 0 Å². The van der Waals surface area contributed by atoms with Crippen LogP contribution in [0.2, 0.25) is 0 Å². The SMILES string of the molecule is Nc1ccc2c(c1)NC(=O)C(N1CCSC1)C2. The zero-order valence-electron chi connectivity index (χ0n) is 9.48. The van der Waals surface area contributed by atoms with E-state index in [2.05, 4.69) is 10.2 Å². The maximum Gasteiger partial charge on any atom is 0.242 e. The average Bonchev–Trinajstić information content (AvgIpc) is 2.81. The monoisotopic (exact) mass is 249 g/mol. The summed E-state index contributed by atoms with van der Waals surface area (Å²) in [5.74, 6) is 2.19. The van der Waals surface area contributed by atoms with E-state index in [1.807, 2.05) is 30.0 Å². The Morgan fingerprint density at radius 2 is 2.35 bits per heavy atom. The first kappa shape index (κ1) is 10.9. The van der Waals surface area contributed by atoms with Gasteiger partial charge in [0.15, 0.2) is 0 Å². The summed E-state index contributed by atoms with van der Waals surface area (Å²) in [7, 11) is 0. The molecule has 1 saturated heterocycles. The highest BCUT2D eigenvalue weighted by molar-refractivity contribution is 7.99. The largest absolute Gasteiger partial charge is 0.399 e. The van der Waals surface area contributed by atoms with Crippen molar-refractivity contribution in [3.05, 3.63) is 23.8 Å². The van der Waals surface area contributed by atoms with Gasteiger partial charge in [0.2, 0.25) is 5.91 Å². The Balaban J connectivity index is 1.87. The molecule has 1 amide bonds. The van der Waals surface area contributed by atoms with Crippen LogP contribution in [0.15, 0.2) is 18.2 Å². The predicted octanol–water partition coefficient (Wildman–Crippen LogP) is 1.14. The van der Waals surface area contributed by atoms with Crippen molar-refractivity contribution in [1.82, 2.24) is 4.90 Å². The number of nitrogens with two attached hydrogens (primary N) is 1. The summed E-state index contributed by atoms with van der Waals surface area (Å²) in [6.07, 6.45) is 0.794. The van der Waals surface area contributed by atoms with Crippen molar-refractivity contribution < 1.29 is 4.79 Å². The number of amides is 1. The van der Waals surface area contributed by atoms with Crippen LogP contribution in [0.3, 0.4) is 0 Å². The second-order valence-electron chi connectivity index (χ2n) is 4.48. The van der Waals surface area contributed by atoms with Gasteiger partial charge in [0.25, 0.3) is 0 Å². The molecule has 90 valence electrons. The van der Waals surface area contributed by atoms with E-state index < -0.39 is 0 Å². The van der Waals surface area contributed by atoms with E-state index in [-0.39, 0.29) is 11.9 Å². The number of rotatable bonds is 1. The van der Waals surface area contributed by atoms with Crippen molar-refractivity contribution in [2.24, 2.45) is 0 Å². The lowest BCUT2D eigenvalue weighted by molar-refractivity contribution is -0.121. The fourth-order valence-electron chi connectivity index (χ4n) is 2.37. The summed E-state index contributed by atoms with van der Waals surface area (Å²) in [6.45, 7) is 1.01. The van der Waals surface area contributed by atoms with Crippen LogP contribution >= 0.6 is 11.8 Å². The molecule has 5 heteroatoms. The van der Waals surface area contributed by atoms with E-state index in [4.69, 9.17) is 5.73 Å². The Kier molecular flexibility index (Phi) is 2.72. The number of nitrogens with zero attached hydrogens (tertiary/aromatic N) is 1. The first-order valence-electron chi connectivity index (χ1n) is 5.75. The highest BCUT2D eigenvalue weighted by Crippen LogP contribution is 2.28. The third-order valence-electron chi connectivity index (χ3n) is 3.33. The molecular weight excluding hydrogens is 234 g/mol. The van der Waals surface area contributed by atoms with Gasteiger partial charge in [-0.25, -0.2) is 0 Å². The summed E-state index contributed by atoms with van der Waals surface area (Å²) in [6, 6.07) is 5.73. The molecule has 1 atom stereocenters. The average molecular weight is 249 g/mol. The van der Waals surface area contributed by atoms with Gasteiger partial charge in [-0.05, 0) is 24.1 Å². The van der Waals surface area contributed by atoms with E-state index in [9.17, 15) is 4.79 Å². The predicted molar refractivity (Wildman–Crippen MR) is 71.0 cm³/mol. The molecule has 0 aromatic heterocycles. The molecule has 2 aliphatic rings. The van der Waals surface area contributed by atoms with Crippen LogP contribution in [0.1, 0.15) is 5.56 Å². The van der Waals surface area contributed by atoms with Crippen molar-refractivity contribution >= 4 is 29.0 Å². The van der Waals surface area contributed by atoms with Crippen molar-refractivity contribution in [2.45, 2.75) is 12.5 Å². The van der Waals surface area contributed by atoms with E-state index in [1.165, 1.54) is 5.56 Å². The van der Waals surface area contributed by atoms with Gasteiger partial charge in [-0.2, -0.15) is 0 Å². The molecule has 1 fully saturated rings. The van der Waals surface area contributed by atoms with Gasteiger partial charge in [0.05, 0.1) is 6.04 Å². The van der Waals surface area contributed by atoms with Crippen LogP contribution < -0.4 is 11.1 Å². The summed E-state index contributed by atoms with van der Waals surface area (Å²) >= 11 is 1.89. The molecule has 0 saturated carbocycles. The molecule has 2 heterocycles. The zero-order valence-corrected chi connectivity index (χ0v) is 10.3. The molecule has 0 spiro atoms. The molecule has 1 unspecified atom stereocenters. The van der Waals surface area contributed by atoms with Crippen LogP contribution in [0.5, 0.6) is 0 Å². The van der Waals surface area contributed by atoms with Crippen molar-refractivity contribution in [3.8, 4) is 0 Å². The van der Waals surface area contributed by atoms with Crippen molar-refractivity contribution in [1.29, 1.82) is 0 Å². The van der Waals surface area contributed by atoms with Crippen LogP contribution in [-0.2, 0) is 11.2 Å². The minimum atomic E-state index is -0.0128. The molecular formula is C12H15N3OS. The summed E-state index contributed by atoms with van der Waals surface area (Å²) < 4.78 is 0. The van der Waals surface area contributed by atoms with Crippen molar-refractivity contribution in [2.75, 3.05) is 29.2 Å². The molecule has 3 rings (SSSR count). The maximum atomic E-state index is 12.1. The molecule has 3 N–H and O–H groups in total. The van der Waals surface area contributed by atoms with Gasteiger partial charge < -0.3 is 11.1 Å². The Morgan fingerprint density at radius 3 is 3.12 bits per heavy atom. The highest BCUT2D eigenvalue weighted by atomic mass is 32.2. The Bertz CT molecular complexity index is 457. The van der Waals surface area contributed by atoms with E-state index in [0.717, 1.165) is 30.3 Å². The lowest BCUT2D eigenvalue weighted by Gasteiger charge is -2.30. The number of benzene rings is 1. The number of anilines is 2. The van der Waals surface area contributed by atoms with E-state index in [0.29, 0.717) is 5.69 Å². The fraction of sp³-hybridized carbons (Fsp3) is 0.417. The summed E-state index contributed by atoms with van der Waals surface area (Å²) in [4.78, 5) is 14.3. The Labute approximate surface area is 105 Å². The Hall–Kier alpha value is -1.20. The first-order chi connectivity index (χ1) is 8.24. The van der Waals surface area contributed by atoms with E-state index in [1.54, 1.807) is 0 Å². The van der Waals surface area contributed by atoms with Crippen LogP contribution in [0.4, 0.5) is 11.4 Å². The maximum absolute atomic E-state index is 12.1. The topological polar surface area (TPSA) is 58.4 Å². The fourth-order valence-corrected chi connectivity index (χ4v) is 3.41. The second-order valence-corrected chi connectivity index (χ2v) is 5.55. The Morgan fingerprint density at radius 1 is 1.47 bits per heavy atom. The van der Waals surface area contributed by atoms with Gasteiger partial charge in [0, 0.05) is 29.5 Å². The van der Waals surface area contributed by atoms with Gasteiger partial charge in [-0.15, -0.1) is 11.8 Å². The molecule has 0 bridgehead atoms. The normalized spacial score (nSPS) is 24.5. The molecule has 1 aromatic carbocycles. The summed E-state index contributed by atoms with van der Waals surface area (Å²) in [5.41, 5.74) is 8.47. The second kappa shape index (κ2) is 4.23. The summed E-state index contributed by atoms with van der Waals surface area (Å²) in [5, 5.41) is 2.96. The van der Waals surface area contributed by atoms with E-state index >= 15 is 0 Å². The lowest BCUT2D eigenvalue weighted by atomic mass is 9.97. The number of carbonyl (C=O) groups excluding carboxylic acids is 1. The lowest BCUT2D eigenvalue weighted by Crippen LogP contribution is -2.46. The highest BCUT2D eigenvalue weighted by Gasteiger charge is 2.32. The number of carbonyl (C=O) groups is 1. The van der Waals surface area contributed by atoms with Gasteiger partial charge in [0.1, 0.15) is 0 Å².